The third-order valence-corrected chi connectivity index (χ3v) is 2.17. The third kappa shape index (κ3) is 1.35. The highest BCUT2D eigenvalue weighted by Crippen LogP contribution is 2.17. The van der Waals surface area contributed by atoms with E-state index in [0.29, 0.717) is 0 Å². The molecule has 56 valence electrons. The van der Waals surface area contributed by atoms with E-state index in [4.69, 9.17) is 11.6 Å². The molecule has 0 atom stereocenters. The molecule has 1 aromatic heterocycles. The van der Waals surface area contributed by atoms with Gasteiger partial charge in [0.25, 0.3) is 0 Å². The van der Waals surface area contributed by atoms with Gasteiger partial charge >= 0.3 is 0 Å². The van der Waals surface area contributed by atoms with Crippen LogP contribution in [0.2, 0.25) is 5.02 Å². The lowest BCUT2D eigenvalue weighted by molar-refractivity contribution is 0.638. The first-order valence-corrected chi connectivity index (χ1v) is 4.55. The summed E-state index contributed by atoms with van der Waals surface area (Å²) in [7, 11) is 0. The van der Waals surface area contributed by atoms with Gasteiger partial charge in [0, 0.05) is 11.9 Å². The largest absolute Gasteiger partial charge is 0.267 e. The Labute approximate surface area is 73.3 Å². The zero-order valence-electron chi connectivity index (χ0n) is 5.64. The van der Waals surface area contributed by atoms with Crippen molar-refractivity contribution in [3.63, 3.8) is 0 Å². The normalized spacial score (nSPS) is 10.3. The number of nitrogens with zero attached hydrogens (tertiary/aromatic N) is 2. The summed E-state index contributed by atoms with van der Waals surface area (Å²) in [5.41, 5.74) is 1.05. The summed E-state index contributed by atoms with van der Waals surface area (Å²) >= 11 is 9.14. The van der Waals surface area contributed by atoms with Crippen molar-refractivity contribution in [2.24, 2.45) is 0 Å². The van der Waals surface area contributed by atoms with Crippen LogP contribution in [-0.2, 0) is 11.9 Å². The predicted octanol–water partition coefficient (Wildman–Crippen LogP) is 2.45. The highest BCUT2D eigenvalue weighted by atomic mass is 79.9. The summed E-state index contributed by atoms with van der Waals surface area (Å²) in [6, 6.07) is 0. The van der Waals surface area contributed by atoms with E-state index in [9.17, 15) is 0 Å². The van der Waals surface area contributed by atoms with Crippen molar-refractivity contribution in [1.82, 2.24) is 9.78 Å². The van der Waals surface area contributed by atoms with Gasteiger partial charge in [-0.05, 0) is 6.92 Å². The summed E-state index contributed by atoms with van der Waals surface area (Å²) < 4.78 is 1.87. The molecule has 0 aliphatic heterocycles. The van der Waals surface area contributed by atoms with Crippen molar-refractivity contribution in [3.05, 3.63) is 16.9 Å². The van der Waals surface area contributed by atoms with Gasteiger partial charge in [-0.25, -0.2) is 0 Å². The molecule has 0 saturated heterocycles. The maximum atomic E-state index is 5.81. The van der Waals surface area contributed by atoms with Crippen LogP contribution in [0.25, 0.3) is 0 Å². The van der Waals surface area contributed by atoms with Gasteiger partial charge in [-0.1, -0.05) is 27.5 Å². The quantitative estimate of drug-likeness (QED) is 0.704. The summed E-state index contributed by atoms with van der Waals surface area (Å²) in [5, 5.41) is 5.56. The fraction of sp³-hybridized carbons (Fsp3) is 0.500. The zero-order valence-corrected chi connectivity index (χ0v) is 7.98. The molecular formula is C6H8BrClN2. The summed E-state index contributed by atoms with van der Waals surface area (Å²) in [4.78, 5) is 0. The fourth-order valence-electron chi connectivity index (χ4n) is 0.793. The van der Waals surface area contributed by atoms with Crippen LogP contribution < -0.4 is 0 Å². The molecule has 0 saturated carbocycles. The van der Waals surface area contributed by atoms with Crippen molar-refractivity contribution in [2.75, 3.05) is 0 Å². The van der Waals surface area contributed by atoms with Crippen molar-refractivity contribution in [1.29, 1.82) is 0 Å². The maximum absolute atomic E-state index is 5.81. The molecule has 2 nitrogen and oxygen atoms in total. The minimum atomic E-state index is 0.735. The monoisotopic (exact) mass is 222 g/mol. The van der Waals surface area contributed by atoms with Crippen LogP contribution in [0.4, 0.5) is 0 Å². The molecule has 0 bridgehead atoms. The van der Waals surface area contributed by atoms with Crippen LogP contribution >= 0.6 is 27.5 Å². The van der Waals surface area contributed by atoms with E-state index in [1.54, 1.807) is 6.20 Å². The molecule has 0 aliphatic rings. The molecule has 4 heteroatoms. The molecule has 0 aromatic carbocycles. The van der Waals surface area contributed by atoms with Gasteiger partial charge in [0.15, 0.2) is 0 Å². The topological polar surface area (TPSA) is 17.8 Å². The average Bonchev–Trinajstić information content (AvgIpc) is 2.30. The van der Waals surface area contributed by atoms with Crippen molar-refractivity contribution in [3.8, 4) is 0 Å². The molecule has 1 aromatic rings. The Morgan fingerprint density at radius 3 is 2.90 bits per heavy atom. The second-order valence-corrected chi connectivity index (χ2v) is 2.86. The van der Waals surface area contributed by atoms with Gasteiger partial charge in [0.05, 0.1) is 16.9 Å². The lowest BCUT2D eigenvalue weighted by Gasteiger charge is -1.99. The van der Waals surface area contributed by atoms with Gasteiger partial charge in [0.1, 0.15) is 0 Å². The lowest BCUT2D eigenvalue weighted by atomic mass is 10.5. The molecule has 10 heavy (non-hydrogen) atoms. The molecular weight excluding hydrogens is 215 g/mol. The first kappa shape index (κ1) is 8.08. The van der Waals surface area contributed by atoms with E-state index < -0.39 is 0 Å². The zero-order chi connectivity index (χ0) is 7.56. The standard InChI is InChI=1S/C6H8BrClN2/c1-2-10-6(3-7)5(8)4-9-10/h4H,2-3H2,1H3. The SMILES string of the molecule is CCn1ncc(Cl)c1CBr. The summed E-state index contributed by atoms with van der Waals surface area (Å²) in [5.74, 6) is 0. The van der Waals surface area contributed by atoms with E-state index in [1.807, 2.05) is 11.6 Å². The number of alkyl halides is 1. The molecule has 0 aliphatic carbocycles. The minimum absolute atomic E-state index is 0.735. The van der Waals surface area contributed by atoms with Gasteiger partial charge in [-0.2, -0.15) is 5.10 Å². The highest BCUT2D eigenvalue weighted by molar-refractivity contribution is 9.08. The fourth-order valence-corrected chi connectivity index (χ4v) is 1.75. The van der Waals surface area contributed by atoms with E-state index in [2.05, 4.69) is 21.0 Å². The van der Waals surface area contributed by atoms with Gasteiger partial charge in [0.2, 0.25) is 0 Å². The van der Waals surface area contributed by atoms with Crippen LogP contribution in [-0.4, -0.2) is 9.78 Å². The molecule has 0 N–H and O–H groups in total. The smallest absolute Gasteiger partial charge is 0.0826 e. The molecule has 1 heterocycles. The van der Waals surface area contributed by atoms with Crippen LogP contribution in [0.15, 0.2) is 6.20 Å². The molecule has 0 amide bonds. The second kappa shape index (κ2) is 3.39. The van der Waals surface area contributed by atoms with Crippen LogP contribution in [0.5, 0.6) is 0 Å². The summed E-state index contributed by atoms with van der Waals surface area (Å²) in [6.07, 6.45) is 1.67. The summed E-state index contributed by atoms with van der Waals surface area (Å²) in [6.45, 7) is 2.91. The van der Waals surface area contributed by atoms with Crippen molar-refractivity contribution >= 4 is 27.5 Å². The minimum Gasteiger partial charge on any atom is -0.267 e. The Kier molecular flexibility index (Phi) is 2.74. The molecule has 1 rings (SSSR count). The van der Waals surface area contributed by atoms with Crippen LogP contribution in [0.1, 0.15) is 12.6 Å². The highest BCUT2D eigenvalue weighted by Gasteiger charge is 2.04. The number of rotatable bonds is 2. The van der Waals surface area contributed by atoms with Gasteiger partial charge in [-0.15, -0.1) is 0 Å². The van der Waals surface area contributed by atoms with E-state index >= 15 is 0 Å². The maximum Gasteiger partial charge on any atom is 0.0826 e. The Morgan fingerprint density at radius 2 is 2.50 bits per heavy atom. The van der Waals surface area contributed by atoms with Gasteiger partial charge in [-0.3, -0.25) is 4.68 Å². The number of hydrogen-bond donors (Lipinski definition) is 0. The van der Waals surface area contributed by atoms with Crippen molar-refractivity contribution < 1.29 is 0 Å². The first-order valence-electron chi connectivity index (χ1n) is 3.05. The Morgan fingerprint density at radius 1 is 1.80 bits per heavy atom. The number of halogens is 2. The van der Waals surface area contributed by atoms with Gasteiger partial charge < -0.3 is 0 Å². The number of hydrogen-bond acceptors (Lipinski definition) is 1. The molecule has 0 radical (unpaired) electrons. The predicted molar refractivity (Wildman–Crippen MR) is 45.5 cm³/mol. The first-order chi connectivity index (χ1) is 4.79. The lowest BCUT2D eigenvalue weighted by Crippen LogP contribution is -2.00. The number of aryl methyl sites for hydroxylation is 1. The molecule has 0 fully saturated rings. The average molecular weight is 224 g/mol. The Hall–Kier alpha value is -0.0200. The van der Waals surface area contributed by atoms with Crippen LogP contribution in [0.3, 0.4) is 0 Å². The third-order valence-electron chi connectivity index (χ3n) is 1.32. The second-order valence-electron chi connectivity index (χ2n) is 1.89. The Bertz CT molecular complexity index is 222. The molecule has 0 unspecified atom stereocenters. The van der Waals surface area contributed by atoms with E-state index in [1.165, 1.54) is 0 Å². The van der Waals surface area contributed by atoms with Crippen LogP contribution in [0, 0.1) is 0 Å². The van der Waals surface area contributed by atoms with E-state index in [0.717, 1.165) is 22.6 Å². The molecule has 0 spiro atoms. The van der Waals surface area contributed by atoms with Crippen molar-refractivity contribution in [2.45, 2.75) is 18.8 Å². The Balaban J connectivity index is 3.01. The number of aromatic nitrogens is 2. The van der Waals surface area contributed by atoms with E-state index in [-0.39, 0.29) is 0 Å².